The summed E-state index contributed by atoms with van der Waals surface area (Å²) in [5.41, 5.74) is 4.60. The molecule has 0 unspecified atom stereocenters. The van der Waals surface area contributed by atoms with E-state index in [0.29, 0.717) is 0 Å². The van der Waals surface area contributed by atoms with E-state index in [1.165, 1.54) is 16.8 Å². The molecule has 0 fully saturated rings. The highest BCUT2D eigenvalue weighted by Gasteiger charge is 2.11. The minimum absolute atomic E-state index is 0.922. The van der Waals surface area contributed by atoms with Gasteiger partial charge in [-0.25, -0.2) is 4.68 Å². The highest BCUT2D eigenvalue weighted by molar-refractivity contribution is 5.36. The number of aryl methyl sites for hydroxylation is 3. The summed E-state index contributed by atoms with van der Waals surface area (Å²) >= 11 is 0. The summed E-state index contributed by atoms with van der Waals surface area (Å²) in [6.45, 7) is 8.21. The van der Waals surface area contributed by atoms with Crippen molar-refractivity contribution >= 4 is 0 Å². The smallest absolute Gasteiger partial charge is 0.178 e. The van der Waals surface area contributed by atoms with Crippen LogP contribution >= 0.6 is 0 Å². The fourth-order valence-electron chi connectivity index (χ4n) is 1.57. The molecular weight excluding hydrogens is 188 g/mol. The third-order valence-electron chi connectivity index (χ3n) is 2.97. The molecule has 4 heteroatoms. The van der Waals surface area contributed by atoms with Gasteiger partial charge in [-0.05, 0) is 33.3 Å². The lowest BCUT2D eigenvalue weighted by Crippen LogP contribution is -1.99. The molecule has 0 bridgehead atoms. The van der Waals surface area contributed by atoms with Gasteiger partial charge in [0.05, 0.1) is 5.69 Å². The number of hydrogen-bond donors (Lipinski definition) is 0. The number of hydrogen-bond acceptors (Lipinski definition) is 2. The van der Waals surface area contributed by atoms with Crippen LogP contribution < -0.4 is 0 Å². The van der Waals surface area contributed by atoms with Crippen LogP contribution in [0.25, 0.3) is 5.82 Å². The number of nitrogens with zero attached hydrogens (tertiary/aromatic N) is 4. The highest BCUT2D eigenvalue weighted by Crippen LogP contribution is 2.16. The Kier molecular flexibility index (Phi) is 2.14. The van der Waals surface area contributed by atoms with E-state index in [9.17, 15) is 0 Å². The molecule has 80 valence electrons. The summed E-state index contributed by atoms with van der Waals surface area (Å²) in [5, 5.41) is 8.89. The van der Waals surface area contributed by atoms with E-state index in [4.69, 9.17) is 0 Å². The zero-order valence-electron chi connectivity index (χ0n) is 9.87. The molecule has 0 aliphatic heterocycles. The Bertz CT molecular complexity index is 485. The summed E-state index contributed by atoms with van der Waals surface area (Å²) in [6.07, 6.45) is 2.02. The van der Waals surface area contributed by atoms with Crippen molar-refractivity contribution in [1.82, 2.24) is 19.6 Å². The molecule has 4 nitrogen and oxygen atoms in total. The lowest BCUT2D eigenvalue weighted by molar-refractivity contribution is 0.712. The van der Waals surface area contributed by atoms with Crippen LogP contribution in [0.5, 0.6) is 0 Å². The van der Waals surface area contributed by atoms with Gasteiger partial charge in [0.25, 0.3) is 0 Å². The van der Waals surface area contributed by atoms with Crippen LogP contribution in [0.15, 0.2) is 6.20 Å². The van der Waals surface area contributed by atoms with Crippen LogP contribution in [0.4, 0.5) is 0 Å². The Hall–Kier alpha value is -1.58. The Morgan fingerprint density at radius 1 is 1.07 bits per heavy atom. The molecule has 0 spiro atoms. The molecule has 0 atom stereocenters. The second kappa shape index (κ2) is 3.22. The van der Waals surface area contributed by atoms with E-state index in [-0.39, 0.29) is 0 Å². The molecule has 2 aromatic rings. The predicted octanol–water partition coefficient (Wildman–Crippen LogP) is 1.84. The minimum atomic E-state index is 0.922. The molecule has 0 amide bonds. The van der Waals surface area contributed by atoms with Gasteiger partial charge in [0.1, 0.15) is 0 Å². The fourth-order valence-corrected chi connectivity index (χ4v) is 1.57. The molecule has 15 heavy (non-hydrogen) atoms. The van der Waals surface area contributed by atoms with Crippen molar-refractivity contribution in [3.63, 3.8) is 0 Å². The van der Waals surface area contributed by atoms with Gasteiger partial charge in [-0.3, -0.25) is 4.68 Å². The standard InChI is InChI=1S/C11H16N4/c1-7-6-15(12-9(7)3)11-8(2)10(4)14(5)13-11/h6H,1-5H3. The lowest BCUT2D eigenvalue weighted by Gasteiger charge is -1.96. The molecule has 0 aromatic carbocycles. The third kappa shape index (κ3) is 1.46. The van der Waals surface area contributed by atoms with Gasteiger partial charge < -0.3 is 0 Å². The first-order chi connectivity index (χ1) is 7.00. The Morgan fingerprint density at radius 2 is 1.73 bits per heavy atom. The van der Waals surface area contributed by atoms with Gasteiger partial charge in [0.15, 0.2) is 5.82 Å². The quantitative estimate of drug-likeness (QED) is 0.710. The van der Waals surface area contributed by atoms with E-state index in [2.05, 4.69) is 31.0 Å². The van der Waals surface area contributed by atoms with Crippen molar-refractivity contribution in [1.29, 1.82) is 0 Å². The van der Waals surface area contributed by atoms with Crippen molar-refractivity contribution in [2.75, 3.05) is 0 Å². The monoisotopic (exact) mass is 204 g/mol. The van der Waals surface area contributed by atoms with Crippen LogP contribution in [-0.2, 0) is 7.05 Å². The summed E-state index contributed by atoms with van der Waals surface area (Å²) in [4.78, 5) is 0. The first-order valence-electron chi connectivity index (χ1n) is 5.04. The zero-order chi connectivity index (χ0) is 11.2. The van der Waals surface area contributed by atoms with Crippen molar-refractivity contribution in [3.05, 3.63) is 28.7 Å². The molecule has 0 saturated heterocycles. The van der Waals surface area contributed by atoms with E-state index >= 15 is 0 Å². The SMILES string of the molecule is Cc1cn(-c2nn(C)c(C)c2C)nc1C. The predicted molar refractivity (Wildman–Crippen MR) is 59.3 cm³/mol. The molecule has 2 rings (SSSR count). The number of rotatable bonds is 1. The van der Waals surface area contributed by atoms with Crippen LogP contribution in [0, 0.1) is 27.7 Å². The van der Waals surface area contributed by atoms with Crippen LogP contribution in [0.1, 0.15) is 22.5 Å². The van der Waals surface area contributed by atoms with Crippen LogP contribution in [-0.4, -0.2) is 19.6 Å². The molecule has 0 aliphatic carbocycles. The molecule has 2 heterocycles. The van der Waals surface area contributed by atoms with Crippen molar-refractivity contribution < 1.29 is 0 Å². The summed E-state index contributed by atoms with van der Waals surface area (Å²) in [5.74, 6) is 0.922. The topological polar surface area (TPSA) is 35.6 Å². The van der Waals surface area contributed by atoms with Gasteiger partial charge in [0.2, 0.25) is 0 Å². The first-order valence-corrected chi connectivity index (χ1v) is 5.04. The summed E-state index contributed by atoms with van der Waals surface area (Å²) in [7, 11) is 1.95. The summed E-state index contributed by atoms with van der Waals surface area (Å²) < 4.78 is 3.74. The van der Waals surface area contributed by atoms with E-state index in [1.807, 2.05) is 29.5 Å². The van der Waals surface area contributed by atoms with Gasteiger partial charge in [0, 0.05) is 24.5 Å². The van der Waals surface area contributed by atoms with Crippen molar-refractivity contribution in [3.8, 4) is 5.82 Å². The zero-order valence-corrected chi connectivity index (χ0v) is 9.87. The average Bonchev–Trinajstić information content (AvgIpc) is 2.63. The molecular formula is C11H16N4. The second-order valence-electron chi connectivity index (χ2n) is 4.00. The summed E-state index contributed by atoms with van der Waals surface area (Å²) in [6, 6.07) is 0. The lowest BCUT2D eigenvalue weighted by atomic mass is 10.3. The maximum absolute atomic E-state index is 4.45. The Balaban J connectivity index is 2.59. The van der Waals surface area contributed by atoms with Gasteiger partial charge in [-0.15, -0.1) is 0 Å². The van der Waals surface area contributed by atoms with Crippen molar-refractivity contribution in [2.24, 2.45) is 7.05 Å². The fraction of sp³-hybridized carbons (Fsp3) is 0.455. The molecule has 0 N–H and O–H groups in total. The maximum Gasteiger partial charge on any atom is 0.178 e. The average molecular weight is 204 g/mol. The van der Waals surface area contributed by atoms with Crippen molar-refractivity contribution in [2.45, 2.75) is 27.7 Å². The van der Waals surface area contributed by atoms with Gasteiger partial charge in [-0.2, -0.15) is 10.2 Å². The van der Waals surface area contributed by atoms with E-state index < -0.39 is 0 Å². The molecule has 0 aliphatic rings. The van der Waals surface area contributed by atoms with Crippen LogP contribution in [0.3, 0.4) is 0 Å². The normalized spacial score (nSPS) is 11.0. The largest absolute Gasteiger partial charge is 0.270 e. The van der Waals surface area contributed by atoms with Gasteiger partial charge in [-0.1, -0.05) is 0 Å². The maximum atomic E-state index is 4.45. The van der Waals surface area contributed by atoms with E-state index in [0.717, 1.165) is 11.5 Å². The molecule has 0 saturated carbocycles. The minimum Gasteiger partial charge on any atom is -0.270 e. The Labute approximate surface area is 89.5 Å². The molecule has 0 radical (unpaired) electrons. The first kappa shape index (κ1) is 9.96. The van der Waals surface area contributed by atoms with E-state index in [1.54, 1.807) is 0 Å². The number of aromatic nitrogens is 4. The highest BCUT2D eigenvalue weighted by atomic mass is 15.4. The Morgan fingerprint density at radius 3 is 2.13 bits per heavy atom. The van der Waals surface area contributed by atoms with Gasteiger partial charge >= 0.3 is 0 Å². The molecule has 2 aromatic heterocycles. The van der Waals surface area contributed by atoms with Crippen LogP contribution in [0.2, 0.25) is 0 Å². The second-order valence-corrected chi connectivity index (χ2v) is 4.00. The third-order valence-corrected chi connectivity index (χ3v) is 2.97.